The average Bonchev–Trinajstić information content (AvgIpc) is 2.97. The fourth-order valence-electron chi connectivity index (χ4n) is 1.82. The average molecular weight is 217 g/mol. The van der Waals surface area contributed by atoms with Gasteiger partial charge in [-0.25, -0.2) is 0 Å². The van der Waals surface area contributed by atoms with Gasteiger partial charge in [0.1, 0.15) is 0 Å². The third-order valence-corrected chi connectivity index (χ3v) is 5.64. The zero-order valence-corrected chi connectivity index (χ0v) is 9.98. The standard InChI is InChI=1S/C10H19NS2/c1-12-10(4-5-10)8-11-9-2-6-13-7-3-9/h9,11H,2-8H2,1H3. The van der Waals surface area contributed by atoms with Gasteiger partial charge < -0.3 is 5.32 Å². The zero-order valence-electron chi connectivity index (χ0n) is 8.34. The highest BCUT2D eigenvalue weighted by molar-refractivity contribution is 8.00. The second-order valence-electron chi connectivity index (χ2n) is 4.15. The van der Waals surface area contributed by atoms with Crippen molar-refractivity contribution in [3.63, 3.8) is 0 Å². The van der Waals surface area contributed by atoms with Crippen LogP contribution in [0.1, 0.15) is 25.7 Å². The van der Waals surface area contributed by atoms with Gasteiger partial charge in [-0.2, -0.15) is 23.5 Å². The van der Waals surface area contributed by atoms with Gasteiger partial charge in [0.2, 0.25) is 0 Å². The van der Waals surface area contributed by atoms with E-state index in [0.29, 0.717) is 4.75 Å². The van der Waals surface area contributed by atoms with Crippen molar-refractivity contribution in [3.8, 4) is 0 Å². The van der Waals surface area contributed by atoms with Crippen molar-refractivity contribution < 1.29 is 0 Å². The van der Waals surface area contributed by atoms with Crippen molar-refractivity contribution in [2.75, 3.05) is 24.3 Å². The first-order valence-corrected chi connectivity index (χ1v) is 7.59. The molecule has 76 valence electrons. The van der Waals surface area contributed by atoms with Gasteiger partial charge >= 0.3 is 0 Å². The molecule has 1 heterocycles. The molecule has 1 saturated heterocycles. The molecule has 0 spiro atoms. The highest BCUT2D eigenvalue weighted by Crippen LogP contribution is 2.46. The van der Waals surface area contributed by atoms with Crippen LogP contribution in [0, 0.1) is 0 Å². The SMILES string of the molecule is CSC1(CNC2CCSCC2)CC1. The third-order valence-electron chi connectivity index (χ3n) is 3.17. The van der Waals surface area contributed by atoms with Crippen LogP contribution in [-0.4, -0.2) is 35.1 Å². The Labute approximate surface area is 89.8 Å². The molecule has 0 radical (unpaired) electrons. The monoisotopic (exact) mass is 217 g/mol. The van der Waals surface area contributed by atoms with Gasteiger partial charge in [-0.3, -0.25) is 0 Å². The van der Waals surface area contributed by atoms with Gasteiger partial charge in [0.15, 0.2) is 0 Å². The van der Waals surface area contributed by atoms with E-state index in [-0.39, 0.29) is 0 Å². The summed E-state index contributed by atoms with van der Waals surface area (Å²) in [6, 6.07) is 0.825. The van der Waals surface area contributed by atoms with E-state index >= 15 is 0 Å². The minimum Gasteiger partial charge on any atom is -0.313 e. The first-order valence-electron chi connectivity index (χ1n) is 5.21. The predicted molar refractivity (Wildman–Crippen MR) is 63.8 cm³/mol. The van der Waals surface area contributed by atoms with Crippen LogP contribution in [0.4, 0.5) is 0 Å². The summed E-state index contributed by atoms with van der Waals surface area (Å²) in [5, 5.41) is 3.74. The lowest BCUT2D eigenvalue weighted by atomic mass is 10.1. The van der Waals surface area contributed by atoms with E-state index in [4.69, 9.17) is 0 Å². The Kier molecular flexibility index (Phi) is 3.49. The van der Waals surface area contributed by atoms with E-state index in [2.05, 4.69) is 35.1 Å². The zero-order chi connectivity index (χ0) is 9.15. The Morgan fingerprint density at radius 3 is 2.62 bits per heavy atom. The van der Waals surface area contributed by atoms with Crippen LogP contribution in [0.15, 0.2) is 0 Å². The molecule has 2 rings (SSSR count). The quantitative estimate of drug-likeness (QED) is 0.776. The van der Waals surface area contributed by atoms with Crippen molar-refractivity contribution in [2.45, 2.75) is 36.5 Å². The van der Waals surface area contributed by atoms with E-state index in [0.717, 1.165) is 6.04 Å². The molecule has 0 atom stereocenters. The van der Waals surface area contributed by atoms with Crippen LogP contribution >= 0.6 is 23.5 Å². The molecule has 1 nitrogen and oxygen atoms in total. The van der Waals surface area contributed by atoms with Crippen LogP contribution in [0.2, 0.25) is 0 Å². The first-order chi connectivity index (χ1) is 6.35. The van der Waals surface area contributed by atoms with Gasteiger partial charge in [0.05, 0.1) is 0 Å². The number of rotatable bonds is 4. The highest BCUT2D eigenvalue weighted by Gasteiger charge is 2.41. The Balaban J connectivity index is 1.66. The van der Waals surface area contributed by atoms with Crippen molar-refractivity contribution in [3.05, 3.63) is 0 Å². The normalized spacial score (nSPS) is 27.5. The van der Waals surface area contributed by atoms with E-state index in [1.807, 2.05) is 0 Å². The van der Waals surface area contributed by atoms with Gasteiger partial charge in [0, 0.05) is 17.3 Å². The Morgan fingerprint density at radius 1 is 1.38 bits per heavy atom. The van der Waals surface area contributed by atoms with E-state index in [1.54, 1.807) is 0 Å². The molecule has 0 aromatic heterocycles. The lowest BCUT2D eigenvalue weighted by Gasteiger charge is -2.24. The van der Waals surface area contributed by atoms with Crippen LogP contribution in [-0.2, 0) is 0 Å². The molecular weight excluding hydrogens is 198 g/mol. The molecule has 0 amide bonds. The maximum absolute atomic E-state index is 3.74. The van der Waals surface area contributed by atoms with E-state index in [1.165, 1.54) is 43.7 Å². The largest absolute Gasteiger partial charge is 0.313 e. The minimum absolute atomic E-state index is 0.643. The fourth-order valence-corrected chi connectivity index (χ4v) is 3.67. The van der Waals surface area contributed by atoms with Gasteiger partial charge in [-0.1, -0.05) is 0 Å². The van der Waals surface area contributed by atoms with Crippen molar-refractivity contribution in [1.29, 1.82) is 0 Å². The Bertz CT molecular complexity index is 162. The number of thioether (sulfide) groups is 2. The topological polar surface area (TPSA) is 12.0 Å². The number of nitrogens with one attached hydrogen (secondary N) is 1. The molecule has 1 aliphatic carbocycles. The van der Waals surface area contributed by atoms with E-state index < -0.39 is 0 Å². The smallest absolute Gasteiger partial charge is 0.0282 e. The molecule has 2 aliphatic rings. The summed E-state index contributed by atoms with van der Waals surface area (Å²) in [5.41, 5.74) is 0. The number of hydrogen-bond acceptors (Lipinski definition) is 3. The molecule has 0 aromatic rings. The lowest BCUT2D eigenvalue weighted by Crippen LogP contribution is -2.37. The van der Waals surface area contributed by atoms with Crippen LogP contribution in [0.25, 0.3) is 0 Å². The third kappa shape index (κ3) is 2.80. The summed E-state index contributed by atoms with van der Waals surface area (Å²) in [4.78, 5) is 0. The molecule has 0 bridgehead atoms. The molecule has 1 N–H and O–H groups in total. The molecule has 1 saturated carbocycles. The summed E-state index contributed by atoms with van der Waals surface area (Å²) >= 11 is 4.17. The second-order valence-corrected chi connectivity index (χ2v) is 6.65. The summed E-state index contributed by atoms with van der Waals surface area (Å²) in [6.07, 6.45) is 7.89. The fraction of sp³-hybridized carbons (Fsp3) is 1.00. The molecule has 13 heavy (non-hydrogen) atoms. The van der Waals surface area contributed by atoms with Crippen LogP contribution < -0.4 is 5.32 Å². The maximum Gasteiger partial charge on any atom is 0.0282 e. The molecule has 0 unspecified atom stereocenters. The maximum atomic E-state index is 3.74. The predicted octanol–water partition coefficient (Wildman–Crippen LogP) is 2.37. The van der Waals surface area contributed by atoms with Crippen molar-refractivity contribution >= 4 is 23.5 Å². The van der Waals surface area contributed by atoms with E-state index in [9.17, 15) is 0 Å². The van der Waals surface area contributed by atoms with Crippen LogP contribution in [0.3, 0.4) is 0 Å². The van der Waals surface area contributed by atoms with Crippen molar-refractivity contribution in [1.82, 2.24) is 5.32 Å². The van der Waals surface area contributed by atoms with Gasteiger partial charge in [-0.05, 0) is 43.4 Å². The summed E-state index contributed by atoms with van der Waals surface area (Å²) in [5.74, 6) is 2.73. The van der Waals surface area contributed by atoms with Gasteiger partial charge in [-0.15, -0.1) is 0 Å². The molecular formula is C10H19NS2. The Morgan fingerprint density at radius 2 is 2.08 bits per heavy atom. The highest BCUT2D eigenvalue weighted by atomic mass is 32.2. The lowest BCUT2D eigenvalue weighted by molar-refractivity contribution is 0.479. The minimum atomic E-state index is 0.643. The summed E-state index contributed by atoms with van der Waals surface area (Å²) in [6.45, 7) is 1.25. The molecule has 2 fully saturated rings. The first kappa shape index (κ1) is 10.2. The Hall–Kier alpha value is 0.660. The molecule has 1 aliphatic heterocycles. The molecule has 0 aromatic carbocycles. The summed E-state index contributed by atoms with van der Waals surface area (Å²) < 4.78 is 0.643. The van der Waals surface area contributed by atoms with Gasteiger partial charge in [0.25, 0.3) is 0 Å². The summed E-state index contributed by atoms with van der Waals surface area (Å²) in [7, 11) is 0. The molecule has 3 heteroatoms. The van der Waals surface area contributed by atoms with Crippen molar-refractivity contribution in [2.24, 2.45) is 0 Å². The number of hydrogen-bond donors (Lipinski definition) is 1. The second kappa shape index (κ2) is 4.45. The van der Waals surface area contributed by atoms with Crippen LogP contribution in [0.5, 0.6) is 0 Å².